The SMILES string of the molecule is C=CCC1COc2cc(C(=O)O)cc3c2C1[C@@](N)(NC(=O)c1cc(C)nn1CC1CC1)C3N. The zero-order valence-electron chi connectivity index (χ0n) is 18.6. The van der Waals surface area contributed by atoms with Gasteiger partial charge in [0, 0.05) is 23.9 Å². The number of aromatic nitrogens is 2. The van der Waals surface area contributed by atoms with Crippen molar-refractivity contribution in [1.29, 1.82) is 0 Å². The van der Waals surface area contributed by atoms with E-state index in [1.165, 1.54) is 6.07 Å². The summed E-state index contributed by atoms with van der Waals surface area (Å²) in [7, 11) is 0. The molecular weight excluding hydrogens is 422 g/mol. The topological polar surface area (TPSA) is 145 Å². The maximum atomic E-state index is 13.5. The molecule has 1 aromatic heterocycles. The van der Waals surface area contributed by atoms with Crippen molar-refractivity contribution in [2.45, 2.75) is 50.4 Å². The van der Waals surface area contributed by atoms with Gasteiger partial charge >= 0.3 is 5.97 Å². The largest absolute Gasteiger partial charge is 0.493 e. The maximum absolute atomic E-state index is 13.5. The van der Waals surface area contributed by atoms with E-state index in [1.807, 2.05) is 6.92 Å². The summed E-state index contributed by atoms with van der Waals surface area (Å²) in [5.74, 6) is -0.830. The number of carboxylic acid groups (broad SMARTS) is 1. The van der Waals surface area contributed by atoms with Crippen LogP contribution in [0.4, 0.5) is 0 Å². The maximum Gasteiger partial charge on any atom is 0.335 e. The Hall–Kier alpha value is -3.17. The summed E-state index contributed by atoms with van der Waals surface area (Å²) >= 11 is 0. The molecule has 0 spiro atoms. The van der Waals surface area contributed by atoms with Gasteiger partial charge in [-0.25, -0.2) is 4.79 Å². The summed E-state index contributed by atoms with van der Waals surface area (Å²) < 4.78 is 7.67. The number of hydrogen-bond acceptors (Lipinski definition) is 6. The quantitative estimate of drug-likeness (QED) is 0.372. The standard InChI is InChI=1S/C24H29N5O4/c1-3-4-14-11-33-18-9-15(23(31)32)8-16-19(18)20(14)24(26,21(16)25)27-22(30)17-7-12(2)28-29(17)10-13-5-6-13/h3,7-9,13-14,20-21H,1,4-6,10-11,25-26H2,2H3,(H,27,30)(H,31,32)/t14?,20?,21?,24-/m1/s1. The molecule has 1 aliphatic heterocycles. The number of benzene rings is 1. The molecular formula is C24H29N5O4. The molecule has 9 heteroatoms. The monoisotopic (exact) mass is 451 g/mol. The van der Waals surface area contributed by atoms with Gasteiger partial charge in [0.1, 0.15) is 17.1 Å². The Labute approximate surface area is 191 Å². The first-order valence-electron chi connectivity index (χ1n) is 11.3. The molecule has 5 rings (SSSR count). The third-order valence-electron chi connectivity index (χ3n) is 7.08. The van der Waals surface area contributed by atoms with Crippen molar-refractivity contribution in [3.8, 4) is 5.75 Å². The van der Waals surface area contributed by atoms with Crippen molar-refractivity contribution in [2.75, 3.05) is 6.61 Å². The zero-order valence-corrected chi connectivity index (χ0v) is 18.6. The van der Waals surface area contributed by atoms with Crippen LogP contribution in [0.25, 0.3) is 0 Å². The molecule has 3 unspecified atom stereocenters. The van der Waals surface area contributed by atoms with Crippen molar-refractivity contribution >= 4 is 11.9 Å². The number of aryl methyl sites for hydroxylation is 1. The molecule has 3 aliphatic rings. The molecule has 1 aromatic carbocycles. The Bertz CT molecular complexity index is 1150. The number of rotatable bonds is 7. The molecule has 33 heavy (non-hydrogen) atoms. The Kier molecular flexibility index (Phi) is 5.06. The molecule has 6 N–H and O–H groups in total. The number of nitrogens with one attached hydrogen (secondary N) is 1. The highest BCUT2D eigenvalue weighted by Crippen LogP contribution is 2.55. The van der Waals surface area contributed by atoms with Crippen LogP contribution >= 0.6 is 0 Å². The molecule has 1 amide bonds. The van der Waals surface area contributed by atoms with Crippen molar-refractivity contribution in [2.24, 2.45) is 23.3 Å². The number of nitrogens with zero attached hydrogens (tertiary/aromatic N) is 2. The van der Waals surface area contributed by atoms with Crippen LogP contribution in [-0.2, 0) is 6.54 Å². The third kappa shape index (κ3) is 3.52. The molecule has 4 atom stereocenters. The van der Waals surface area contributed by atoms with E-state index < -0.39 is 17.7 Å². The van der Waals surface area contributed by atoms with Crippen molar-refractivity contribution in [3.05, 3.63) is 58.9 Å². The first-order valence-corrected chi connectivity index (χ1v) is 11.3. The highest BCUT2D eigenvalue weighted by atomic mass is 16.5. The highest BCUT2D eigenvalue weighted by molar-refractivity contribution is 5.94. The lowest BCUT2D eigenvalue weighted by Gasteiger charge is -2.41. The Morgan fingerprint density at radius 1 is 1.39 bits per heavy atom. The number of carbonyl (C=O) groups excluding carboxylic acids is 1. The van der Waals surface area contributed by atoms with Gasteiger partial charge in [-0.15, -0.1) is 6.58 Å². The second-order valence-electron chi connectivity index (χ2n) is 9.52. The summed E-state index contributed by atoms with van der Waals surface area (Å²) in [6, 6.07) is 4.00. The first kappa shape index (κ1) is 21.7. The molecule has 2 aliphatic carbocycles. The van der Waals surface area contributed by atoms with E-state index >= 15 is 0 Å². The fourth-order valence-electron chi connectivity index (χ4n) is 5.34. The number of aromatic carboxylic acids is 1. The second-order valence-corrected chi connectivity index (χ2v) is 9.52. The van der Waals surface area contributed by atoms with Crippen molar-refractivity contribution < 1.29 is 19.4 Å². The van der Waals surface area contributed by atoms with Gasteiger partial charge in [-0.1, -0.05) is 6.08 Å². The number of carbonyl (C=O) groups is 2. The van der Waals surface area contributed by atoms with Crippen molar-refractivity contribution in [1.82, 2.24) is 15.1 Å². The molecule has 0 radical (unpaired) electrons. The smallest absolute Gasteiger partial charge is 0.335 e. The molecule has 0 bridgehead atoms. The van der Waals surface area contributed by atoms with E-state index in [4.69, 9.17) is 16.2 Å². The number of amides is 1. The summed E-state index contributed by atoms with van der Waals surface area (Å²) in [4.78, 5) is 25.2. The fourth-order valence-corrected chi connectivity index (χ4v) is 5.34. The lowest BCUT2D eigenvalue weighted by Crippen LogP contribution is -2.64. The molecule has 0 saturated heterocycles. The van der Waals surface area contributed by atoms with Gasteiger partial charge in [0.05, 0.1) is 23.9 Å². The van der Waals surface area contributed by atoms with Crippen LogP contribution in [0.2, 0.25) is 0 Å². The lowest BCUT2D eigenvalue weighted by atomic mass is 9.77. The molecule has 2 aromatic rings. The Morgan fingerprint density at radius 2 is 2.15 bits per heavy atom. The van der Waals surface area contributed by atoms with E-state index in [0.717, 1.165) is 24.1 Å². The van der Waals surface area contributed by atoms with Crippen LogP contribution in [0.3, 0.4) is 0 Å². The number of nitrogens with two attached hydrogens (primary N) is 2. The summed E-state index contributed by atoms with van der Waals surface area (Å²) in [6.45, 7) is 6.73. The fraction of sp³-hybridized carbons (Fsp3) is 0.458. The third-order valence-corrected chi connectivity index (χ3v) is 7.08. The van der Waals surface area contributed by atoms with E-state index in [9.17, 15) is 14.7 Å². The van der Waals surface area contributed by atoms with Crippen LogP contribution in [0.1, 0.15) is 68.9 Å². The van der Waals surface area contributed by atoms with Crippen LogP contribution in [-0.4, -0.2) is 39.0 Å². The molecule has 174 valence electrons. The highest BCUT2D eigenvalue weighted by Gasteiger charge is 2.56. The lowest BCUT2D eigenvalue weighted by molar-refractivity contribution is 0.0695. The predicted octanol–water partition coefficient (Wildman–Crippen LogP) is 2.07. The van der Waals surface area contributed by atoms with E-state index in [-0.39, 0.29) is 23.3 Å². The predicted molar refractivity (Wildman–Crippen MR) is 121 cm³/mol. The normalized spacial score (nSPS) is 27.5. The average Bonchev–Trinajstić information content (AvgIpc) is 3.46. The zero-order chi connectivity index (χ0) is 23.5. The number of carboxylic acids is 1. The van der Waals surface area contributed by atoms with Gasteiger partial charge in [-0.2, -0.15) is 5.10 Å². The molecule has 1 saturated carbocycles. The van der Waals surface area contributed by atoms with Crippen LogP contribution < -0.4 is 21.5 Å². The number of hydrogen-bond donors (Lipinski definition) is 4. The van der Waals surface area contributed by atoms with E-state index in [1.54, 1.807) is 22.9 Å². The van der Waals surface area contributed by atoms with Gasteiger partial charge in [-0.3, -0.25) is 9.48 Å². The molecule has 9 nitrogen and oxygen atoms in total. The summed E-state index contributed by atoms with van der Waals surface area (Å²) in [5.41, 5.74) is 14.9. The van der Waals surface area contributed by atoms with E-state index in [0.29, 0.717) is 42.5 Å². The van der Waals surface area contributed by atoms with Gasteiger partial charge in [0.25, 0.3) is 5.91 Å². The van der Waals surface area contributed by atoms with Crippen LogP contribution in [0.15, 0.2) is 30.9 Å². The minimum atomic E-state index is -1.33. The Morgan fingerprint density at radius 3 is 2.82 bits per heavy atom. The summed E-state index contributed by atoms with van der Waals surface area (Å²) in [5, 5.41) is 17.1. The van der Waals surface area contributed by atoms with Gasteiger partial charge in [-0.05, 0) is 55.9 Å². The average molecular weight is 452 g/mol. The van der Waals surface area contributed by atoms with E-state index in [2.05, 4.69) is 17.0 Å². The second kappa shape index (κ2) is 7.71. The van der Waals surface area contributed by atoms with Gasteiger partial charge < -0.3 is 26.6 Å². The van der Waals surface area contributed by atoms with Gasteiger partial charge in [0.2, 0.25) is 0 Å². The summed E-state index contributed by atoms with van der Waals surface area (Å²) in [6.07, 6.45) is 4.69. The van der Waals surface area contributed by atoms with Crippen LogP contribution in [0, 0.1) is 18.8 Å². The Balaban J connectivity index is 1.55. The minimum absolute atomic E-state index is 0.0682. The van der Waals surface area contributed by atoms with Crippen molar-refractivity contribution in [3.63, 3.8) is 0 Å². The molecule has 1 fully saturated rings. The number of ether oxygens (including phenoxy) is 1. The molecule has 2 heterocycles. The minimum Gasteiger partial charge on any atom is -0.493 e. The van der Waals surface area contributed by atoms with Crippen LogP contribution in [0.5, 0.6) is 5.75 Å². The number of allylic oxidation sites excluding steroid dienone is 1. The van der Waals surface area contributed by atoms with Gasteiger partial charge in [0.15, 0.2) is 0 Å². The first-order chi connectivity index (χ1) is 15.7.